The molecule has 16 heavy (non-hydrogen) atoms. The molecular weight excluding hydrogens is 220 g/mol. The lowest BCUT2D eigenvalue weighted by molar-refractivity contribution is 0.467. The Morgan fingerprint density at radius 3 is 3.06 bits per heavy atom. The van der Waals surface area contributed by atoms with E-state index in [9.17, 15) is 0 Å². The number of hydrogen-bond donors (Lipinski definition) is 2. The van der Waals surface area contributed by atoms with Crippen molar-refractivity contribution in [3.05, 3.63) is 34.3 Å². The third-order valence-corrected chi connectivity index (χ3v) is 3.69. The molecule has 1 fully saturated rings. The number of benzene rings is 1. The maximum absolute atomic E-state index is 6.03. The summed E-state index contributed by atoms with van der Waals surface area (Å²) in [6.45, 7) is 2.10. The lowest BCUT2D eigenvalue weighted by atomic mass is 9.94. The van der Waals surface area contributed by atoms with Gasteiger partial charge in [-0.2, -0.15) is 0 Å². The van der Waals surface area contributed by atoms with Crippen LogP contribution < -0.4 is 10.6 Å². The number of fused-ring (bicyclic) bond motifs is 1. The Bertz CT molecular complexity index is 388. The van der Waals surface area contributed by atoms with Crippen LogP contribution in [0.1, 0.15) is 30.0 Å². The zero-order chi connectivity index (χ0) is 11.0. The summed E-state index contributed by atoms with van der Waals surface area (Å²) in [5, 5.41) is 8.01. The van der Waals surface area contributed by atoms with E-state index in [1.807, 2.05) is 6.07 Å². The summed E-state index contributed by atoms with van der Waals surface area (Å²) in [6, 6.07) is 7.52. The van der Waals surface area contributed by atoms with Gasteiger partial charge in [0.15, 0.2) is 0 Å². The Morgan fingerprint density at radius 1 is 1.38 bits per heavy atom. The van der Waals surface area contributed by atoms with Gasteiger partial charge in [-0.15, -0.1) is 0 Å². The van der Waals surface area contributed by atoms with Gasteiger partial charge in [-0.25, -0.2) is 0 Å². The van der Waals surface area contributed by atoms with Crippen LogP contribution in [0.5, 0.6) is 0 Å². The van der Waals surface area contributed by atoms with E-state index in [1.165, 1.54) is 24.0 Å². The van der Waals surface area contributed by atoms with E-state index < -0.39 is 0 Å². The third-order valence-electron chi connectivity index (χ3n) is 3.45. The van der Waals surface area contributed by atoms with Gasteiger partial charge in [0.1, 0.15) is 0 Å². The molecule has 1 aromatic rings. The largest absolute Gasteiger partial charge is 0.312 e. The highest BCUT2D eigenvalue weighted by atomic mass is 35.5. The van der Waals surface area contributed by atoms with Crippen molar-refractivity contribution in [2.75, 3.05) is 13.1 Å². The minimum absolute atomic E-state index is 0.460. The quantitative estimate of drug-likeness (QED) is 0.842. The minimum atomic E-state index is 0.460. The fourth-order valence-corrected chi connectivity index (χ4v) is 2.57. The van der Waals surface area contributed by atoms with Crippen LogP contribution in [0.25, 0.3) is 0 Å². The Kier molecular flexibility index (Phi) is 2.88. The van der Waals surface area contributed by atoms with Gasteiger partial charge in [-0.1, -0.05) is 17.7 Å². The normalized spacial score (nSPS) is 24.2. The van der Waals surface area contributed by atoms with Crippen LogP contribution in [0.3, 0.4) is 0 Å². The molecule has 3 rings (SSSR count). The second kappa shape index (κ2) is 4.36. The SMILES string of the molecule is Clc1ccc2c(c1)CCNC2CNC1CC1. The van der Waals surface area contributed by atoms with E-state index in [0.29, 0.717) is 6.04 Å². The number of hydrogen-bond acceptors (Lipinski definition) is 2. The predicted molar refractivity (Wildman–Crippen MR) is 66.9 cm³/mol. The van der Waals surface area contributed by atoms with Crippen LogP contribution in [-0.4, -0.2) is 19.1 Å². The Labute approximate surface area is 101 Å². The summed E-state index contributed by atoms with van der Waals surface area (Å²) < 4.78 is 0. The highest BCUT2D eigenvalue weighted by Gasteiger charge is 2.24. The molecule has 1 aromatic carbocycles. The van der Waals surface area contributed by atoms with Gasteiger partial charge in [-0.3, -0.25) is 0 Å². The minimum Gasteiger partial charge on any atom is -0.312 e. The smallest absolute Gasteiger partial charge is 0.0449 e. The molecule has 0 radical (unpaired) electrons. The van der Waals surface area contributed by atoms with E-state index in [0.717, 1.165) is 30.6 Å². The molecule has 2 N–H and O–H groups in total. The van der Waals surface area contributed by atoms with Crippen LogP contribution in [0.2, 0.25) is 5.02 Å². The first-order valence-corrected chi connectivity index (χ1v) is 6.46. The average Bonchev–Trinajstić information content (AvgIpc) is 3.09. The monoisotopic (exact) mass is 236 g/mol. The maximum atomic E-state index is 6.03. The molecule has 0 bridgehead atoms. The highest BCUT2D eigenvalue weighted by Crippen LogP contribution is 2.26. The standard InChI is InChI=1S/C13H17ClN2/c14-10-1-4-12-9(7-10)5-6-15-13(12)8-16-11-2-3-11/h1,4,7,11,13,15-16H,2-3,5-6,8H2. The van der Waals surface area contributed by atoms with Gasteiger partial charge in [0.2, 0.25) is 0 Å². The van der Waals surface area contributed by atoms with Crippen molar-refractivity contribution in [2.24, 2.45) is 0 Å². The second-order valence-corrected chi connectivity index (χ2v) is 5.22. The summed E-state index contributed by atoms with van der Waals surface area (Å²) in [5.74, 6) is 0. The summed E-state index contributed by atoms with van der Waals surface area (Å²) >= 11 is 6.03. The van der Waals surface area contributed by atoms with Crippen molar-refractivity contribution in [1.82, 2.24) is 10.6 Å². The topological polar surface area (TPSA) is 24.1 Å². The first-order chi connectivity index (χ1) is 7.83. The summed E-state index contributed by atoms with van der Waals surface area (Å²) in [7, 11) is 0. The molecule has 0 amide bonds. The molecule has 0 aromatic heterocycles. The summed E-state index contributed by atoms with van der Waals surface area (Å²) in [4.78, 5) is 0. The predicted octanol–water partition coefficient (Wildman–Crippen LogP) is 2.28. The van der Waals surface area contributed by atoms with E-state index in [4.69, 9.17) is 11.6 Å². The van der Waals surface area contributed by atoms with Crippen LogP contribution in [0.4, 0.5) is 0 Å². The summed E-state index contributed by atoms with van der Waals surface area (Å²) in [6.07, 6.45) is 3.79. The highest BCUT2D eigenvalue weighted by molar-refractivity contribution is 6.30. The molecule has 1 unspecified atom stereocenters. The molecule has 2 aliphatic rings. The Hall–Kier alpha value is -0.570. The maximum Gasteiger partial charge on any atom is 0.0449 e. The number of halogens is 1. The fourth-order valence-electron chi connectivity index (χ4n) is 2.38. The molecule has 2 nitrogen and oxygen atoms in total. The number of nitrogens with one attached hydrogen (secondary N) is 2. The lowest BCUT2D eigenvalue weighted by Crippen LogP contribution is -2.37. The molecule has 1 aliphatic carbocycles. The molecule has 1 atom stereocenters. The van der Waals surface area contributed by atoms with Crippen LogP contribution in [-0.2, 0) is 6.42 Å². The van der Waals surface area contributed by atoms with Crippen LogP contribution in [0, 0.1) is 0 Å². The van der Waals surface area contributed by atoms with Gasteiger partial charge in [0, 0.05) is 23.7 Å². The Balaban J connectivity index is 1.76. The van der Waals surface area contributed by atoms with Crippen molar-refractivity contribution in [2.45, 2.75) is 31.3 Å². The van der Waals surface area contributed by atoms with Gasteiger partial charge in [0.25, 0.3) is 0 Å². The van der Waals surface area contributed by atoms with E-state index >= 15 is 0 Å². The number of rotatable bonds is 3. The van der Waals surface area contributed by atoms with Gasteiger partial charge in [0.05, 0.1) is 0 Å². The first kappa shape index (κ1) is 10.6. The molecule has 3 heteroatoms. The lowest BCUT2D eigenvalue weighted by Gasteiger charge is -2.27. The van der Waals surface area contributed by atoms with Crippen molar-refractivity contribution >= 4 is 11.6 Å². The molecule has 1 aliphatic heterocycles. The van der Waals surface area contributed by atoms with Crippen molar-refractivity contribution in [1.29, 1.82) is 0 Å². The fraction of sp³-hybridized carbons (Fsp3) is 0.538. The summed E-state index contributed by atoms with van der Waals surface area (Å²) in [5.41, 5.74) is 2.83. The van der Waals surface area contributed by atoms with Crippen LogP contribution in [0.15, 0.2) is 18.2 Å². The van der Waals surface area contributed by atoms with Crippen molar-refractivity contribution < 1.29 is 0 Å². The van der Waals surface area contributed by atoms with Gasteiger partial charge < -0.3 is 10.6 Å². The second-order valence-electron chi connectivity index (χ2n) is 4.78. The van der Waals surface area contributed by atoms with Crippen LogP contribution >= 0.6 is 11.6 Å². The van der Waals surface area contributed by atoms with Crippen molar-refractivity contribution in [3.63, 3.8) is 0 Å². The molecular formula is C13H17ClN2. The molecule has 86 valence electrons. The molecule has 0 spiro atoms. The molecule has 1 saturated carbocycles. The van der Waals surface area contributed by atoms with Gasteiger partial charge >= 0.3 is 0 Å². The van der Waals surface area contributed by atoms with Crippen molar-refractivity contribution in [3.8, 4) is 0 Å². The zero-order valence-electron chi connectivity index (χ0n) is 9.30. The van der Waals surface area contributed by atoms with E-state index in [2.05, 4.69) is 22.8 Å². The van der Waals surface area contributed by atoms with E-state index in [1.54, 1.807) is 0 Å². The molecule has 1 heterocycles. The van der Waals surface area contributed by atoms with Gasteiger partial charge in [-0.05, 0) is 49.1 Å². The Morgan fingerprint density at radius 2 is 2.25 bits per heavy atom. The first-order valence-electron chi connectivity index (χ1n) is 6.08. The zero-order valence-corrected chi connectivity index (χ0v) is 10.1. The average molecular weight is 237 g/mol. The molecule has 0 saturated heterocycles. The van der Waals surface area contributed by atoms with E-state index in [-0.39, 0.29) is 0 Å². The third kappa shape index (κ3) is 2.24.